The zero-order valence-electron chi connectivity index (χ0n) is 21.5. The van der Waals surface area contributed by atoms with Gasteiger partial charge in [-0.15, -0.1) is 0 Å². The van der Waals surface area contributed by atoms with E-state index in [1.807, 2.05) is 0 Å². The van der Waals surface area contributed by atoms with Crippen molar-refractivity contribution in [1.29, 1.82) is 0 Å². The van der Waals surface area contributed by atoms with Gasteiger partial charge in [-0.2, -0.15) is 22.0 Å². The Morgan fingerprint density at radius 1 is 1.00 bits per heavy atom. The normalized spacial score (nSPS) is 16.9. The molecule has 0 aromatic heterocycles. The summed E-state index contributed by atoms with van der Waals surface area (Å²) in [4.78, 5) is 41.9. The van der Waals surface area contributed by atoms with Gasteiger partial charge < -0.3 is 24.6 Å². The van der Waals surface area contributed by atoms with Crippen LogP contribution < -0.4 is 14.8 Å². The molecule has 3 amide bonds. The van der Waals surface area contributed by atoms with Gasteiger partial charge in [0.1, 0.15) is 11.8 Å². The molecule has 1 unspecified atom stereocenters. The Bertz CT molecular complexity index is 1550. The minimum Gasteiger partial charge on any atom is -0.481 e. The Balaban J connectivity index is 1.28. The molecule has 0 aliphatic carbocycles. The summed E-state index contributed by atoms with van der Waals surface area (Å²) in [5, 5.41) is 2.64. The molecule has 1 atom stereocenters. The number of halogens is 6. The smallest absolute Gasteiger partial charge is 0.416 e. The largest absolute Gasteiger partial charge is 0.481 e. The first kappa shape index (κ1) is 28.8. The molecule has 5 rings (SSSR count). The summed E-state index contributed by atoms with van der Waals surface area (Å²) in [6, 6.07) is 10.6. The number of carbonyl (C=O) groups is 3. The number of carbonyl (C=O) groups excluding carboxylic acids is 3. The lowest BCUT2D eigenvalue weighted by Gasteiger charge is -2.39. The van der Waals surface area contributed by atoms with Crippen LogP contribution in [0.15, 0.2) is 60.7 Å². The lowest BCUT2D eigenvalue weighted by atomic mass is 9.99. The molecule has 2 aliphatic rings. The van der Waals surface area contributed by atoms with E-state index >= 15 is 0 Å². The summed E-state index contributed by atoms with van der Waals surface area (Å²) in [5.41, 5.74) is -0.0203. The fraction of sp³-hybridized carbons (Fsp3) is 0.250. The number of nitrogens with one attached hydrogen (secondary N) is 1. The number of alkyl halides is 5. The lowest BCUT2D eigenvalue weighted by molar-refractivity contribution is -0.138. The predicted molar refractivity (Wildman–Crippen MR) is 135 cm³/mol. The number of hydrogen-bond acceptors (Lipinski definition) is 5. The molecule has 3 aromatic rings. The van der Waals surface area contributed by atoms with E-state index in [2.05, 4.69) is 10.1 Å². The zero-order chi connectivity index (χ0) is 30.2. The number of rotatable bonds is 6. The number of nitrogens with zero attached hydrogens (tertiary/aromatic N) is 2. The summed E-state index contributed by atoms with van der Waals surface area (Å²) >= 11 is 0. The molecular weight excluding hydrogens is 572 g/mol. The number of piperazine rings is 1. The fourth-order valence-corrected chi connectivity index (χ4v) is 4.74. The maximum Gasteiger partial charge on any atom is 0.416 e. The van der Waals surface area contributed by atoms with Crippen LogP contribution in [0, 0.1) is 5.82 Å². The van der Waals surface area contributed by atoms with Crippen LogP contribution >= 0.6 is 0 Å². The number of hydrogen-bond donors (Lipinski definition) is 1. The van der Waals surface area contributed by atoms with Crippen LogP contribution in [0.5, 0.6) is 11.5 Å². The molecule has 1 N–H and O–H groups in total. The van der Waals surface area contributed by atoms with Gasteiger partial charge in [-0.1, -0.05) is 18.2 Å². The van der Waals surface area contributed by atoms with Crippen LogP contribution in [0.4, 0.5) is 32.0 Å². The van der Waals surface area contributed by atoms with Crippen molar-refractivity contribution in [3.63, 3.8) is 0 Å². The standard InChI is InChI=1S/C28H21F6N3O5/c29-20-12-18(42-27(30)31)5-7-23(20)41-14-24(38)36-8-9-37-22(13-36)25(39)35-21-6-4-16(11-19(21)26(37)40)15-2-1-3-17(10-15)28(32,33)34/h1-7,10-12,22,27H,8-9,13-14H2,(H,35,39). The number of fused-ring (bicyclic) bond motifs is 2. The van der Waals surface area contributed by atoms with E-state index < -0.39 is 60.3 Å². The Morgan fingerprint density at radius 2 is 1.76 bits per heavy atom. The van der Waals surface area contributed by atoms with E-state index in [0.29, 0.717) is 11.6 Å². The monoisotopic (exact) mass is 593 g/mol. The molecule has 0 bridgehead atoms. The quantitative estimate of drug-likeness (QED) is 0.415. The van der Waals surface area contributed by atoms with Crippen LogP contribution in [0.3, 0.4) is 0 Å². The molecular formula is C28H21F6N3O5. The predicted octanol–water partition coefficient (Wildman–Crippen LogP) is 4.80. The highest BCUT2D eigenvalue weighted by atomic mass is 19.4. The molecule has 1 saturated heterocycles. The SMILES string of the molecule is O=C1Nc2ccc(-c3cccc(C(F)(F)F)c3)cc2C(=O)N2CCN(C(=O)COc3ccc(OC(F)F)cc3F)CC12. The minimum absolute atomic E-state index is 0.0179. The Morgan fingerprint density at radius 3 is 2.48 bits per heavy atom. The highest BCUT2D eigenvalue weighted by Crippen LogP contribution is 2.34. The zero-order valence-corrected chi connectivity index (χ0v) is 21.5. The van der Waals surface area contributed by atoms with E-state index in [1.165, 1.54) is 40.1 Å². The van der Waals surface area contributed by atoms with Gasteiger partial charge in [-0.25, -0.2) is 4.39 Å². The third kappa shape index (κ3) is 5.97. The molecule has 2 heterocycles. The first-order valence-corrected chi connectivity index (χ1v) is 12.5. The Kier molecular flexibility index (Phi) is 7.71. The van der Waals surface area contributed by atoms with Crippen LogP contribution in [0.1, 0.15) is 15.9 Å². The van der Waals surface area contributed by atoms with Gasteiger partial charge in [0, 0.05) is 19.2 Å². The van der Waals surface area contributed by atoms with E-state index in [0.717, 1.165) is 24.3 Å². The third-order valence-electron chi connectivity index (χ3n) is 6.81. The molecule has 0 radical (unpaired) electrons. The number of ether oxygens (including phenoxy) is 2. The molecule has 0 spiro atoms. The summed E-state index contributed by atoms with van der Waals surface area (Å²) < 4.78 is 87.7. The Labute approximate surface area is 234 Å². The van der Waals surface area contributed by atoms with Crippen LogP contribution in [0.25, 0.3) is 11.1 Å². The Hall–Kier alpha value is -4.75. The van der Waals surface area contributed by atoms with Gasteiger partial charge in [-0.05, 0) is 47.5 Å². The number of amides is 3. The second kappa shape index (κ2) is 11.3. The molecule has 8 nitrogen and oxygen atoms in total. The van der Waals surface area contributed by atoms with Crippen molar-refractivity contribution in [1.82, 2.24) is 9.80 Å². The average Bonchev–Trinajstić information content (AvgIpc) is 3.05. The highest BCUT2D eigenvalue weighted by Gasteiger charge is 2.40. The molecule has 14 heteroatoms. The van der Waals surface area contributed by atoms with Crippen molar-refractivity contribution in [2.24, 2.45) is 0 Å². The van der Waals surface area contributed by atoms with E-state index in [9.17, 15) is 40.7 Å². The van der Waals surface area contributed by atoms with Crippen molar-refractivity contribution in [3.05, 3.63) is 77.6 Å². The average molecular weight is 593 g/mol. The van der Waals surface area contributed by atoms with E-state index in [4.69, 9.17) is 4.74 Å². The first-order chi connectivity index (χ1) is 19.9. The van der Waals surface area contributed by atoms with Gasteiger partial charge in [0.05, 0.1) is 23.4 Å². The maximum absolute atomic E-state index is 14.2. The summed E-state index contributed by atoms with van der Waals surface area (Å²) in [7, 11) is 0. The summed E-state index contributed by atoms with van der Waals surface area (Å²) in [6.07, 6.45) is -4.55. The second-order valence-electron chi connectivity index (χ2n) is 9.44. The van der Waals surface area contributed by atoms with Crippen LogP contribution in [-0.4, -0.2) is 66.4 Å². The number of anilines is 1. The fourth-order valence-electron chi connectivity index (χ4n) is 4.74. The lowest BCUT2D eigenvalue weighted by Crippen LogP contribution is -2.60. The van der Waals surface area contributed by atoms with Crippen molar-refractivity contribution in [2.75, 3.05) is 31.6 Å². The summed E-state index contributed by atoms with van der Waals surface area (Å²) in [6.45, 7) is -3.99. The van der Waals surface area contributed by atoms with Gasteiger partial charge >= 0.3 is 12.8 Å². The van der Waals surface area contributed by atoms with E-state index in [1.54, 1.807) is 0 Å². The molecule has 1 fully saturated rings. The minimum atomic E-state index is -4.55. The maximum atomic E-state index is 14.2. The van der Waals surface area contributed by atoms with Crippen molar-refractivity contribution < 1.29 is 50.2 Å². The van der Waals surface area contributed by atoms with Gasteiger partial charge in [0.15, 0.2) is 18.2 Å². The van der Waals surface area contributed by atoms with E-state index in [-0.39, 0.29) is 42.2 Å². The van der Waals surface area contributed by atoms with Crippen LogP contribution in [-0.2, 0) is 15.8 Å². The van der Waals surface area contributed by atoms with Crippen LogP contribution in [0.2, 0.25) is 0 Å². The van der Waals surface area contributed by atoms with Crippen molar-refractivity contribution in [2.45, 2.75) is 18.8 Å². The van der Waals surface area contributed by atoms with Crippen molar-refractivity contribution in [3.8, 4) is 22.6 Å². The third-order valence-corrected chi connectivity index (χ3v) is 6.81. The molecule has 2 aliphatic heterocycles. The van der Waals surface area contributed by atoms with Gasteiger partial charge in [0.25, 0.3) is 11.8 Å². The van der Waals surface area contributed by atoms with Crippen molar-refractivity contribution >= 4 is 23.4 Å². The molecule has 3 aromatic carbocycles. The molecule has 0 saturated carbocycles. The molecule has 220 valence electrons. The molecule has 42 heavy (non-hydrogen) atoms. The summed E-state index contributed by atoms with van der Waals surface area (Å²) in [5.74, 6) is -3.56. The van der Waals surface area contributed by atoms with Gasteiger partial charge in [0.2, 0.25) is 5.91 Å². The van der Waals surface area contributed by atoms with Gasteiger partial charge in [-0.3, -0.25) is 14.4 Å². The highest BCUT2D eigenvalue weighted by molar-refractivity contribution is 6.10. The number of benzene rings is 3. The topological polar surface area (TPSA) is 88.2 Å². The first-order valence-electron chi connectivity index (χ1n) is 12.5. The second-order valence-corrected chi connectivity index (χ2v) is 9.44.